The number of hydrogen-bond donors (Lipinski definition) is 1. The zero-order valence-corrected chi connectivity index (χ0v) is 12.2. The Morgan fingerprint density at radius 3 is 2.55 bits per heavy atom. The Hall–Kier alpha value is -1.55. The fraction of sp³-hybridized carbons (Fsp3) is 0.562. The van der Waals surface area contributed by atoms with Crippen molar-refractivity contribution >= 4 is 5.97 Å². The Bertz CT molecular complexity index is 425. The minimum atomic E-state index is -0.431. The predicted octanol–water partition coefficient (Wildman–Crippen LogP) is 2.39. The smallest absolute Gasteiger partial charge is 0.344 e. The maximum absolute atomic E-state index is 11.9. The summed E-state index contributed by atoms with van der Waals surface area (Å²) in [7, 11) is 0. The molecule has 0 saturated carbocycles. The standard InChI is InChI=1S/C16H23NO3/c1-16(2,13-8-10-17-11-9-13)20-15(18)12-19-14-6-4-3-5-7-14/h3-7,13,17H,8-12H2,1-2H3. The van der Waals surface area contributed by atoms with E-state index >= 15 is 0 Å². The molecule has 0 aliphatic carbocycles. The number of rotatable bonds is 5. The van der Waals surface area contributed by atoms with Gasteiger partial charge in [-0.05, 0) is 51.9 Å². The second-order valence-electron chi connectivity index (χ2n) is 5.70. The molecule has 0 bridgehead atoms. The molecular weight excluding hydrogens is 254 g/mol. The molecule has 4 nitrogen and oxygen atoms in total. The number of nitrogens with one attached hydrogen (secondary N) is 1. The molecule has 1 saturated heterocycles. The monoisotopic (exact) mass is 277 g/mol. The largest absolute Gasteiger partial charge is 0.482 e. The lowest BCUT2D eigenvalue weighted by Gasteiger charge is -2.36. The van der Waals surface area contributed by atoms with Crippen molar-refractivity contribution in [2.45, 2.75) is 32.3 Å². The number of hydrogen-bond acceptors (Lipinski definition) is 4. The molecular formula is C16H23NO3. The molecule has 1 aliphatic heterocycles. The molecule has 0 amide bonds. The van der Waals surface area contributed by atoms with Gasteiger partial charge >= 0.3 is 5.97 Å². The first-order valence-corrected chi connectivity index (χ1v) is 7.18. The summed E-state index contributed by atoms with van der Waals surface area (Å²) in [5.41, 5.74) is -0.431. The van der Waals surface area contributed by atoms with E-state index in [0.29, 0.717) is 11.7 Å². The Balaban J connectivity index is 1.80. The molecule has 0 aromatic heterocycles. The first-order valence-electron chi connectivity index (χ1n) is 7.18. The van der Waals surface area contributed by atoms with E-state index in [0.717, 1.165) is 25.9 Å². The maximum Gasteiger partial charge on any atom is 0.344 e. The van der Waals surface area contributed by atoms with Crippen LogP contribution in [0, 0.1) is 5.92 Å². The van der Waals surface area contributed by atoms with Gasteiger partial charge in [0.25, 0.3) is 0 Å². The van der Waals surface area contributed by atoms with Crippen molar-refractivity contribution in [3.05, 3.63) is 30.3 Å². The fourth-order valence-corrected chi connectivity index (χ4v) is 2.58. The predicted molar refractivity (Wildman–Crippen MR) is 77.7 cm³/mol. The van der Waals surface area contributed by atoms with Crippen molar-refractivity contribution in [1.82, 2.24) is 5.32 Å². The average molecular weight is 277 g/mol. The summed E-state index contributed by atoms with van der Waals surface area (Å²) < 4.78 is 11.0. The van der Waals surface area contributed by atoms with Crippen LogP contribution in [-0.4, -0.2) is 31.3 Å². The SMILES string of the molecule is CC(C)(OC(=O)COc1ccccc1)C1CCNCC1. The van der Waals surface area contributed by atoms with Crippen LogP contribution in [0.4, 0.5) is 0 Å². The summed E-state index contributed by atoms with van der Waals surface area (Å²) in [6.07, 6.45) is 2.08. The van der Waals surface area contributed by atoms with Crippen LogP contribution in [0.5, 0.6) is 5.75 Å². The van der Waals surface area contributed by atoms with Gasteiger partial charge < -0.3 is 14.8 Å². The average Bonchev–Trinajstić information content (AvgIpc) is 2.47. The van der Waals surface area contributed by atoms with Gasteiger partial charge in [0.15, 0.2) is 6.61 Å². The van der Waals surface area contributed by atoms with E-state index in [2.05, 4.69) is 5.32 Å². The van der Waals surface area contributed by atoms with Gasteiger partial charge in [0.1, 0.15) is 11.4 Å². The third-order valence-electron chi connectivity index (χ3n) is 3.80. The summed E-state index contributed by atoms with van der Waals surface area (Å²) >= 11 is 0. The normalized spacial score (nSPS) is 16.7. The van der Waals surface area contributed by atoms with Crippen molar-refractivity contribution < 1.29 is 14.3 Å². The quantitative estimate of drug-likeness (QED) is 0.840. The summed E-state index contributed by atoms with van der Waals surface area (Å²) in [6.45, 7) is 5.92. The molecule has 1 heterocycles. The maximum atomic E-state index is 11.9. The number of carbonyl (C=O) groups is 1. The number of esters is 1. The highest BCUT2D eigenvalue weighted by molar-refractivity contribution is 5.71. The van der Waals surface area contributed by atoms with Gasteiger partial charge in [-0.15, -0.1) is 0 Å². The number of piperidine rings is 1. The van der Waals surface area contributed by atoms with Crippen LogP contribution in [0.2, 0.25) is 0 Å². The Labute approximate surface area is 120 Å². The number of carbonyl (C=O) groups excluding carboxylic acids is 1. The lowest BCUT2D eigenvalue weighted by atomic mass is 9.83. The zero-order chi connectivity index (χ0) is 14.4. The van der Waals surface area contributed by atoms with Gasteiger partial charge in [-0.2, -0.15) is 0 Å². The zero-order valence-electron chi connectivity index (χ0n) is 12.2. The third kappa shape index (κ3) is 4.23. The number of para-hydroxylation sites is 1. The molecule has 0 spiro atoms. The Morgan fingerprint density at radius 1 is 1.25 bits per heavy atom. The van der Waals surface area contributed by atoms with Crippen LogP contribution in [0.3, 0.4) is 0 Å². The summed E-state index contributed by atoms with van der Waals surface area (Å²) in [5.74, 6) is 0.783. The topological polar surface area (TPSA) is 47.6 Å². The number of benzene rings is 1. The fourth-order valence-electron chi connectivity index (χ4n) is 2.58. The molecule has 0 unspecified atom stereocenters. The molecule has 0 atom stereocenters. The third-order valence-corrected chi connectivity index (χ3v) is 3.80. The second-order valence-corrected chi connectivity index (χ2v) is 5.70. The van der Waals surface area contributed by atoms with Crippen LogP contribution in [0.25, 0.3) is 0 Å². The lowest BCUT2D eigenvalue weighted by molar-refractivity contribution is -0.165. The molecule has 4 heteroatoms. The highest BCUT2D eigenvalue weighted by Crippen LogP contribution is 2.29. The van der Waals surface area contributed by atoms with Gasteiger partial charge in [0.2, 0.25) is 0 Å². The van der Waals surface area contributed by atoms with Crippen molar-refractivity contribution in [1.29, 1.82) is 0 Å². The minimum Gasteiger partial charge on any atom is -0.482 e. The molecule has 1 aromatic carbocycles. The number of ether oxygens (including phenoxy) is 2. The first kappa shape index (κ1) is 14.9. The van der Waals surface area contributed by atoms with Gasteiger partial charge in [0, 0.05) is 5.92 Å². The van der Waals surface area contributed by atoms with Crippen LogP contribution < -0.4 is 10.1 Å². The van der Waals surface area contributed by atoms with Crippen molar-refractivity contribution in [3.8, 4) is 5.75 Å². The van der Waals surface area contributed by atoms with Crippen molar-refractivity contribution in [2.24, 2.45) is 5.92 Å². The summed E-state index contributed by atoms with van der Waals surface area (Å²) in [5, 5.41) is 3.32. The molecule has 110 valence electrons. The van der Waals surface area contributed by atoms with E-state index in [1.807, 2.05) is 44.2 Å². The highest BCUT2D eigenvalue weighted by Gasteiger charge is 2.34. The first-order chi connectivity index (χ1) is 9.58. The second kappa shape index (κ2) is 6.75. The Kier molecular flexibility index (Phi) is 5.01. The van der Waals surface area contributed by atoms with E-state index < -0.39 is 5.60 Å². The van der Waals surface area contributed by atoms with Crippen LogP contribution in [-0.2, 0) is 9.53 Å². The van der Waals surface area contributed by atoms with Crippen LogP contribution >= 0.6 is 0 Å². The molecule has 20 heavy (non-hydrogen) atoms. The van der Waals surface area contributed by atoms with E-state index in [9.17, 15) is 4.79 Å². The van der Waals surface area contributed by atoms with Crippen LogP contribution in [0.1, 0.15) is 26.7 Å². The van der Waals surface area contributed by atoms with E-state index in [1.165, 1.54) is 0 Å². The van der Waals surface area contributed by atoms with Crippen molar-refractivity contribution in [2.75, 3.05) is 19.7 Å². The highest BCUT2D eigenvalue weighted by atomic mass is 16.6. The molecule has 1 aliphatic rings. The molecule has 1 N–H and O–H groups in total. The Morgan fingerprint density at radius 2 is 1.90 bits per heavy atom. The van der Waals surface area contributed by atoms with Crippen molar-refractivity contribution in [3.63, 3.8) is 0 Å². The molecule has 1 aromatic rings. The van der Waals surface area contributed by atoms with Crippen LogP contribution in [0.15, 0.2) is 30.3 Å². The van der Waals surface area contributed by atoms with Gasteiger partial charge in [-0.1, -0.05) is 18.2 Å². The summed E-state index contributed by atoms with van der Waals surface area (Å²) in [4.78, 5) is 11.9. The van der Waals surface area contributed by atoms with E-state index in [1.54, 1.807) is 0 Å². The van der Waals surface area contributed by atoms with Gasteiger partial charge in [-0.25, -0.2) is 4.79 Å². The minimum absolute atomic E-state index is 0.0432. The lowest BCUT2D eigenvalue weighted by Crippen LogP contribution is -2.43. The summed E-state index contributed by atoms with van der Waals surface area (Å²) in [6, 6.07) is 9.31. The van der Waals surface area contributed by atoms with E-state index in [-0.39, 0.29) is 12.6 Å². The molecule has 1 fully saturated rings. The van der Waals surface area contributed by atoms with Gasteiger partial charge in [0.05, 0.1) is 0 Å². The molecule has 0 radical (unpaired) electrons. The molecule has 2 rings (SSSR count). The van der Waals surface area contributed by atoms with E-state index in [4.69, 9.17) is 9.47 Å². The van der Waals surface area contributed by atoms with Gasteiger partial charge in [-0.3, -0.25) is 0 Å².